The summed E-state index contributed by atoms with van der Waals surface area (Å²) < 4.78 is 5.04. The maximum absolute atomic E-state index is 11.0. The maximum atomic E-state index is 11.0. The van der Waals surface area contributed by atoms with Crippen LogP contribution < -0.4 is 11.5 Å². The number of nitrogens with two attached hydrogens (primary N) is 2. The van der Waals surface area contributed by atoms with Gasteiger partial charge in [0.25, 0.3) is 11.8 Å². The molecule has 15 heavy (non-hydrogen) atoms. The van der Waals surface area contributed by atoms with Crippen LogP contribution in [-0.2, 0) is 14.3 Å². The fourth-order valence-corrected chi connectivity index (χ4v) is 1.28. The lowest BCUT2D eigenvalue weighted by Crippen LogP contribution is -2.30. The van der Waals surface area contributed by atoms with Crippen LogP contribution in [0.2, 0.25) is 0 Å². The molecule has 1 aliphatic rings. The molecule has 4 N–H and O–H groups in total. The molecule has 0 aromatic carbocycles. The summed E-state index contributed by atoms with van der Waals surface area (Å²) in [5, 5.41) is 0. The van der Waals surface area contributed by atoms with Crippen molar-refractivity contribution in [2.45, 2.75) is 25.9 Å². The van der Waals surface area contributed by atoms with Crippen molar-refractivity contribution in [1.29, 1.82) is 0 Å². The fraction of sp³-hybridized carbons (Fsp3) is 0.400. The van der Waals surface area contributed by atoms with Crippen LogP contribution in [0.15, 0.2) is 23.5 Å². The highest BCUT2D eigenvalue weighted by Crippen LogP contribution is 2.23. The van der Waals surface area contributed by atoms with Gasteiger partial charge in [-0.15, -0.1) is 0 Å². The molecular weight excluding hydrogens is 196 g/mol. The maximum Gasteiger partial charge on any atom is 0.283 e. The van der Waals surface area contributed by atoms with E-state index in [2.05, 4.69) is 0 Å². The highest BCUT2D eigenvalue weighted by Gasteiger charge is 2.30. The Hall–Kier alpha value is -1.78. The largest absolute Gasteiger partial charge is 0.470 e. The van der Waals surface area contributed by atoms with Gasteiger partial charge < -0.3 is 16.2 Å². The Balaban J connectivity index is 2.88. The first kappa shape index (κ1) is 11.3. The van der Waals surface area contributed by atoms with E-state index in [1.807, 2.05) is 13.0 Å². The molecule has 82 valence electrons. The molecule has 1 rings (SSSR count). The van der Waals surface area contributed by atoms with Crippen molar-refractivity contribution in [2.75, 3.05) is 0 Å². The topological polar surface area (TPSA) is 95.4 Å². The number of unbranched alkanes of at least 4 members (excludes halogenated alkanes) is 1. The van der Waals surface area contributed by atoms with Crippen LogP contribution in [0.3, 0.4) is 0 Å². The Bertz CT molecular complexity index is 345. The third-order valence-corrected chi connectivity index (χ3v) is 2.02. The lowest BCUT2D eigenvalue weighted by Gasteiger charge is -2.08. The molecule has 0 aromatic heterocycles. The molecule has 5 heteroatoms. The molecule has 0 fully saturated rings. The van der Waals surface area contributed by atoms with Gasteiger partial charge in [-0.1, -0.05) is 19.4 Å². The van der Waals surface area contributed by atoms with Crippen LogP contribution >= 0.6 is 0 Å². The van der Waals surface area contributed by atoms with Crippen molar-refractivity contribution in [1.82, 2.24) is 0 Å². The summed E-state index contributed by atoms with van der Waals surface area (Å²) in [5.74, 6) is -1.33. The number of carbonyl (C=O) groups is 2. The molecule has 1 unspecified atom stereocenters. The predicted molar refractivity (Wildman–Crippen MR) is 54.3 cm³/mol. The second-order valence-electron chi connectivity index (χ2n) is 3.27. The van der Waals surface area contributed by atoms with Crippen LogP contribution in [0, 0.1) is 0 Å². The smallest absolute Gasteiger partial charge is 0.283 e. The second-order valence-corrected chi connectivity index (χ2v) is 3.27. The van der Waals surface area contributed by atoms with Gasteiger partial charge in [0.05, 0.1) is 0 Å². The van der Waals surface area contributed by atoms with Gasteiger partial charge in [-0.25, -0.2) is 0 Å². The molecule has 0 saturated carbocycles. The molecule has 0 aliphatic carbocycles. The molecule has 0 saturated heterocycles. The van der Waals surface area contributed by atoms with Crippen molar-refractivity contribution in [3.63, 3.8) is 0 Å². The normalized spacial score (nSPS) is 22.3. The minimum atomic E-state index is -0.876. The van der Waals surface area contributed by atoms with E-state index in [9.17, 15) is 9.59 Å². The van der Waals surface area contributed by atoms with Crippen LogP contribution in [-0.4, -0.2) is 17.9 Å². The average Bonchev–Trinajstić information content (AvgIpc) is 2.58. The summed E-state index contributed by atoms with van der Waals surface area (Å²) in [5.41, 5.74) is 10.8. The lowest BCUT2D eigenvalue weighted by molar-refractivity contribution is -0.126. The van der Waals surface area contributed by atoms with Crippen molar-refractivity contribution in [3.8, 4) is 0 Å². The third-order valence-electron chi connectivity index (χ3n) is 2.02. The summed E-state index contributed by atoms with van der Waals surface area (Å²) in [4.78, 5) is 21.9. The SMILES string of the molecule is CCCC=C1C=C(C(N)=O)OC1C(N)=O. The summed E-state index contributed by atoms with van der Waals surface area (Å²) in [6.07, 6.45) is 4.15. The van der Waals surface area contributed by atoms with Crippen molar-refractivity contribution in [3.05, 3.63) is 23.5 Å². The van der Waals surface area contributed by atoms with Gasteiger partial charge in [0, 0.05) is 5.57 Å². The number of ether oxygens (including phenoxy) is 1. The zero-order valence-electron chi connectivity index (χ0n) is 8.53. The standard InChI is InChI=1S/C10H14N2O3/c1-2-3-4-6-5-7(9(11)13)15-8(6)10(12)14/h4-5,8H,2-3H2,1H3,(H2,11,13)(H2,12,14). The van der Waals surface area contributed by atoms with Gasteiger partial charge in [0.2, 0.25) is 6.10 Å². The van der Waals surface area contributed by atoms with Crippen molar-refractivity contribution in [2.24, 2.45) is 11.5 Å². The molecule has 0 aromatic rings. The fourth-order valence-electron chi connectivity index (χ4n) is 1.28. The van der Waals surface area contributed by atoms with E-state index in [1.54, 1.807) is 0 Å². The summed E-state index contributed by atoms with van der Waals surface area (Å²) in [7, 11) is 0. The van der Waals surface area contributed by atoms with Gasteiger partial charge in [0.15, 0.2) is 5.76 Å². The van der Waals surface area contributed by atoms with Crippen LogP contribution in [0.5, 0.6) is 0 Å². The van der Waals surface area contributed by atoms with E-state index >= 15 is 0 Å². The molecule has 2 amide bonds. The minimum Gasteiger partial charge on any atom is -0.470 e. The molecule has 1 heterocycles. The van der Waals surface area contributed by atoms with E-state index in [4.69, 9.17) is 16.2 Å². The minimum absolute atomic E-state index is 0.0128. The van der Waals surface area contributed by atoms with E-state index in [0.29, 0.717) is 5.57 Å². The number of hydrogen-bond acceptors (Lipinski definition) is 3. The van der Waals surface area contributed by atoms with E-state index in [-0.39, 0.29) is 5.76 Å². The summed E-state index contributed by atoms with van der Waals surface area (Å²) >= 11 is 0. The number of amides is 2. The highest BCUT2D eigenvalue weighted by atomic mass is 16.5. The Morgan fingerprint density at radius 3 is 2.67 bits per heavy atom. The molecular formula is C10H14N2O3. The first-order valence-electron chi connectivity index (χ1n) is 4.73. The molecule has 1 aliphatic heterocycles. The summed E-state index contributed by atoms with van der Waals surface area (Å²) in [6, 6.07) is 0. The molecule has 0 bridgehead atoms. The Kier molecular flexibility index (Phi) is 3.49. The van der Waals surface area contributed by atoms with E-state index < -0.39 is 17.9 Å². The molecule has 0 radical (unpaired) electrons. The number of primary amides is 2. The summed E-state index contributed by atoms with van der Waals surface area (Å²) in [6.45, 7) is 2.00. The number of allylic oxidation sites excluding steroid dienone is 1. The molecule has 1 atom stereocenters. The van der Waals surface area contributed by atoms with Gasteiger partial charge in [-0.2, -0.15) is 0 Å². The van der Waals surface area contributed by atoms with Gasteiger partial charge in [-0.05, 0) is 12.5 Å². The van der Waals surface area contributed by atoms with Crippen LogP contribution in [0.25, 0.3) is 0 Å². The first-order valence-corrected chi connectivity index (χ1v) is 4.73. The Morgan fingerprint density at radius 2 is 2.20 bits per heavy atom. The van der Waals surface area contributed by atoms with Crippen LogP contribution in [0.1, 0.15) is 19.8 Å². The van der Waals surface area contributed by atoms with Crippen molar-refractivity contribution < 1.29 is 14.3 Å². The zero-order valence-corrected chi connectivity index (χ0v) is 8.53. The Morgan fingerprint density at radius 1 is 1.53 bits per heavy atom. The predicted octanol–water partition coefficient (Wildman–Crippen LogP) is -0.0338. The number of rotatable bonds is 4. The monoisotopic (exact) mass is 210 g/mol. The number of carbonyl (C=O) groups excluding carboxylic acids is 2. The first-order chi connectivity index (χ1) is 7.06. The average molecular weight is 210 g/mol. The van der Waals surface area contributed by atoms with Gasteiger partial charge >= 0.3 is 0 Å². The van der Waals surface area contributed by atoms with Gasteiger partial charge in [-0.3, -0.25) is 9.59 Å². The highest BCUT2D eigenvalue weighted by molar-refractivity contribution is 5.94. The third kappa shape index (κ3) is 2.59. The van der Waals surface area contributed by atoms with E-state index in [0.717, 1.165) is 12.8 Å². The van der Waals surface area contributed by atoms with E-state index in [1.165, 1.54) is 6.08 Å². The number of hydrogen-bond donors (Lipinski definition) is 2. The molecule has 0 spiro atoms. The van der Waals surface area contributed by atoms with Crippen molar-refractivity contribution >= 4 is 11.8 Å². The van der Waals surface area contributed by atoms with Crippen LogP contribution in [0.4, 0.5) is 0 Å². The second kappa shape index (κ2) is 4.63. The lowest BCUT2D eigenvalue weighted by atomic mass is 10.1. The Labute approximate surface area is 87.8 Å². The molecule has 5 nitrogen and oxygen atoms in total. The zero-order chi connectivity index (χ0) is 11.4. The van der Waals surface area contributed by atoms with Gasteiger partial charge in [0.1, 0.15) is 0 Å². The quantitative estimate of drug-likeness (QED) is 0.681.